The highest BCUT2D eigenvalue weighted by Crippen LogP contribution is 2.17. The molecule has 1 N–H and O–H groups in total. The van der Waals surface area contributed by atoms with E-state index in [1.54, 1.807) is 14.2 Å². The predicted octanol–water partition coefficient (Wildman–Crippen LogP) is 3.60. The number of rotatable bonds is 7. The number of methoxy groups -OCH3 is 2. The highest BCUT2D eigenvalue weighted by Gasteiger charge is 2.04. The minimum absolute atomic E-state index is 0.328. The first-order valence-electron chi connectivity index (χ1n) is 7.23. The largest absolute Gasteiger partial charge is 0.497 e. The number of hydrogen-bond acceptors (Lipinski definition) is 3. The van der Waals surface area contributed by atoms with E-state index in [1.807, 2.05) is 24.3 Å². The average Bonchev–Trinajstić information content (AvgIpc) is 2.55. The summed E-state index contributed by atoms with van der Waals surface area (Å²) in [6, 6.07) is 16.7. The van der Waals surface area contributed by atoms with Gasteiger partial charge in [-0.05, 0) is 55.3 Å². The Kier molecular flexibility index (Phi) is 5.64. The molecule has 0 aliphatic rings. The maximum absolute atomic E-state index is 5.18. The van der Waals surface area contributed by atoms with Crippen molar-refractivity contribution in [2.45, 2.75) is 19.4 Å². The molecule has 0 unspecified atom stereocenters. The fraction of sp³-hybridized carbons (Fsp3) is 0.333. The van der Waals surface area contributed by atoms with E-state index in [0.717, 1.165) is 24.5 Å². The Morgan fingerprint density at radius 1 is 0.857 bits per heavy atom. The summed E-state index contributed by atoms with van der Waals surface area (Å²) in [6.07, 6.45) is 1.00. The van der Waals surface area contributed by atoms with Gasteiger partial charge in [0.05, 0.1) is 14.2 Å². The maximum Gasteiger partial charge on any atom is 0.118 e. The van der Waals surface area contributed by atoms with Gasteiger partial charge in [0.2, 0.25) is 0 Å². The second-order valence-electron chi connectivity index (χ2n) is 5.05. The molecule has 112 valence electrons. The SMILES string of the molecule is COc1ccc(CCN[C@H](C)c2ccc(OC)cc2)cc1. The molecule has 21 heavy (non-hydrogen) atoms. The van der Waals surface area contributed by atoms with Crippen molar-refractivity contribution in [3.8, 4) is 11.5 Å². The van der Waals surface area contributed by atoms with Gasteiger partial charge in [0.15, 0.2) is 0 Å². The van der Waals surface area contributed by atoms with Crippen molar-refractivity contribution >= 4 is 0 Å². The van der Waals surface area contributed by atoms with Crippen LogP contribution in [0, 0.1) is 0 Å². The van der Waals surface area contributed by atoms with Crippen LogP contribution in [-0.2, 0) is 6.42 Å². The van der Waals surface area contributed by atoms with Gasteiger partial charge in [-0.1, -0.05) is 24.3 Å². The van der Waals surface area contributed by atoms with Crippen LogP contribution in [0.4, 0.5) is 0 Å². The Bertz CT molecular complexity index is 534. The molecule has 3 heteroatoms. The predicted molar refractivity (Wildman–Crippen MR) is 86.1 cm³/mol. The minimum atomic E-state index is 0.328. The molecule has 0 saturated carbocycles. The van der Waals surface area contributed by atoms with Gasteiger partial charge in [-0.15, -0.1) is 0 Å². The summed E-state index contributed by atoms with van der Waals surface area (Å²) >= 11 is 0. The molecule has 0 saturated heterocycles. The van der Waals surface area contributed by atoms with Crippen molar-refractivity contribution in [3.05, 3.63) is 59.7 Å². The number of nitrogens with one attached hydrogen (secondary N) is 1. The molecule has 0 amide bonds. The molecular weight excluding hydrogens is 262 g/mol. The molecule has 1 atom stereocenters. The fourth-order valence-electron chi connectivity index (χ4n) is 2.24. The Morgan fingerprint density at radius 2 is 1.38 bits per heavy atom. The lowest BCUT2D eigenvalue weighted by Crippen LogP contribution is -2.21. The maximum atomic E-state index is 5.18. The molecule has 0 fully saturated rings. The molecule has 2 aromatic carbocycles. The molecule has 0 radical (unpaired) electrons. The Labute approximate surface area is 126 Å². The Hall–Kier alpha value is -2.00. The highest BCUT2D eigenvalue weighted by atomic mass is 16.5. The molecule has 0 bridgehead atoms. The van der Waals surface area contributed by atoms with Gasteiger partial charge in [-0.25, -0.2) is 0 Å². The van der Waals surface area contributed by atoms with E-state index in [4.69, 9.17) is 9.47 Å². The third-order valence-corrected chi connectivity index (χ3v) is 3.64. The van der Waals surface area contributed by atoms with Crippen molar-refractivity contribution in [2.75, 3.05) is 20.8 Å². The van der Waals surface area contributed by atoms with Gasteiger partial charge in [0.25, 0.3) is 0 Å². The van der Waals surface area contributed by atoms with Gasteiger partial charge in [0.1, 0.15) is 11.5 Å². The molecule has 0 aromatic heterocycles. The summed E-state index contributed by atoms with van der Waals surface area (Å²) in [7, 11) is 3.37. The molecule has 0 heterocycles. The number of hydrogen-bond donors (Lipinski definition) is 1. The van der Waals surface area contributed by atoms with Gasteiger partial charge in [0, 0.05) is 6.04 Å². The molecule has 2 rings (SSSR count). The van der Waals surface area contributed by atoms with E-state index in [-0.39, 0.29) is 0 Å². The summed E-state index contributed by atoms with van der Waals surface area (Å²) in [6.45, 7) is 3.12. The zero-order chi connectivity index (χ0) is 15.1. The average molecular weight is 285 g/mol. The van der Waals surface area contributed by atoms with E-state index in [0.29, 0.717) is 6.04 Å². The summed E-state index contributed by atoms with van der Waals surface area (Å²) in [4.78, 5) is 0. The van der Waals surface area contributed by atoms with Crippen LogP contribution in [0.1, 0.15) is 24.1 Å². The smallest absolute Gasteiger partial charge is 0.118 e. The lowest BCUT2D eigenvalue weighted by atomic mass is 10.1. The standard InChI is InChI=1S/C18H23NO2/c1-14(16-6-10-18(21-3)11-7-16)19-13-12-15-4-8-17(20-2)9-5-15/h4-11,14,19H,12-13H2,1-3H3/t14-/m1/s1. The van der Waals surface area contributed by atoms with Crippen molar-refractivity contribution < 1.29 is 9.47 Å². The van der Waals surface area contributed by atoms with Crippen LogP contribution < -0.4 is 14.8 Å². The van der Waals surface area contributed by atoms with Crippen molar-refractivity contribution in [2.24, 2.45) is 0 Å². The zero-order valence-corrected chi connectivity index (χ0v) is 12.9. The zero-order valence-electron chi connectivity index (χ0n) is 12.9. The molecule has 0 spiro atoms. The Morgan fingerprint density at radius 3 is 1.90 bits per heavy atom. The quantitative estimate of drug-likeness (QED) is 0.843. The van der Waals surface area contributed by atoms with Gasteiger partial charge < -0.3 is 14.8 Å². The van der Waals surface area contributed by atoms with Crippen LogP contribution in [-0.4, -0.2) is 20.8 Å². The van der Waals surface area contributed by atoms with Crippen LogP contribution in [0.25, 0.3) is 0 Å². The van der Waals surface area contributed by atoms with E-state index >= 15 is 0 Å². The van der Waals surface area contributed by atoms with Crippen LogP contribution in [0.15, 0.2) is 48.5 Å². The normalized spacial score (nSPS) is 12.0. The van der Waals surface area contributed by atoms with Gasteiger partial charge >= 0.3 is 0 Å². The second kappa shape index (κ2) is 7.70. The van der Waals surface area contributed by atoms with E-state index in [9.17, 15) is 0 Å². The van der Waals surface area contributed by atoms with E-state index < -0.39 is 0 Å². The first kappa shape index (κ1) is 15.4. The fourth-order valence-corrected chi connectivity index (χ4v) is 2.24. The van der Waals surface area contributed by atoms with Gasteiger partial charge in [-0.2, -0.15) is 0 Å². The second-order valence-corrected chi connectivity index (χ2v) is 5.05. The van der Waals surface area contributed by atoms with Crippen LogP contribution >= 0.6 is 0 Å². The first-order chi connectivity index (χ1) is 10.2. The molecule has 0 aliphatic heterocycles. The van der Waals surface area contributed by atoms with Crippen LogP contribution in [0.5, 0.6) is 11.5 Å². The van der Waals surface area contributed by atoms with Crippen molar-refractivity contribution in [1.29, 1.82) is 0 Å². The number of ether oxygens (including phenoxy) is 2. The van der Waals surface area contributed by atoms with E-state index in [2.05, 4.69) is 36.5 Å². The van der Waals surface area contributed by atoms with Crippen LogP contribution in [0.2, 0.25) is 0 Å². The number of benzene rings is 2. The van der Waals surface area contributed by atoms with Gasteiger partial charge in [-0.3, -0.25) is 0 Å². The summed E-state index contributed by atoms with van der Waals surface area (Å²) < 4.78 is 10.3. The molecule has 2 aromatic rings. The third kappa shape index (κ3) is 4.50. The van der Waals surface area contributed by atoms with Crippen molar-refractivity contribution in [1.82, 2.24) is 5.32 Å². The lowest BCUT2D eigenvalue weighted by Gasteiger charge is -2.14. The van der Waals surface area contributed by atoms with Crippen LogP contribution in [0.3, 0.4) is 0 Å². The summed E-state index contributed by atoms with van der Waals surface area (Å²) in [5.41, 5.74) is 2.58. The first-order valence-corrected chi connectivity index (χ1v) is 7.23. The van der Waals surface area contributed by atoms with E-state index in [1.165, 1.54) is 11.1 Å². The third-order valence-electron chi connectivity index (χ3n) is 3.64. The molecule has 3 nitrogen and oxygen atoms in total. The minimum Gasteiger partial charge on any atom is -0.497 e. The highest BCUT2D eigenvalue weighted by molar-refractivity contribution is 5.29. The summed E-state index contributed by atoms with van der Waals surface area (Å²) in [5.74, 6) is 1.79. The molecule has 0 aliphatic carbocycles. The summed E-state index contributed by atoms with van der Waals surface area (Å²) in [5, 5.41) is 3.54. The lowest BCUT2D eigenvalue weighted by molar-refractivity contribution is 0.414. The monoisotopic (exact) mass is 285 g/mol. The Balaban J connectivity index is 1.81. The molecular formula is C18H23NO2. The topological polar surface area (TPSA) is 30.5 Å². The van der Waals surface area contributed by atoms with Crippen molar-refractivity contribution in [3.63, 3.8) is 0 Å².